The number of hydrogen-bond acceptors (Lipinski definition) is 3. The first-order valence-corrected chi connectivity index (χ1v) is 6.87. The van der Waals surface area contributed by atoms with Crippen LogP contribution in [0.3, 0.4) is 0 Å². The first-order valence-electron chi connectivity index (χ1n) is 5.69. The fourth-order valence-corrected chi connectivity index (χ4v) is 2.36. The average Bonchev–Trinajstić information content (AvgIpc) is 2.79. The molecule has 0 unspecified atom stereocenters. The molecular formula is C12H14BrClN4. The van der Waals surface area contributed by atoms with Crippen molar-refractivity contribution < 1.29 is 0 Å². The Hall–Kier alpha value is -0.910. The summed E-state index contributed by atoms with van der Waals surface area (Å²) in [6.07, 6.45) is 1.90. The molecule has 1 aromatic carbocycles. The number of nitrogens with zero attached hydrogens (tertiary/aromatic N) is 3. The van der Waals surface area contributed by atoms with Gasteiger partial charge in [-0.05, 0) is 47.1 Å². The Kier molecular flexibility index (Phi) is 4.37. The Bertz CT molecular complexity index is 553. The van der Waals surface area contributed by atoms with Gasteiger partial charge in [-0.2, -0.15) is 0 Å². The highest BCUT2D eigenvalue weighted by Crippen LogP contribution is 2.27. The van der Waals surface area contributed by atoms with Crippen molar-refractivity contribution in [3.8, 4) is 5.69 Å². The van der Waals surface area contributed by atoms with Crippen LogP contribution >= 0.6 is 27.5 Å². The molecule has 18 heavy (non-hydrogen) atoms. The third kappa shape index (κ3) is 2.91. The molecule has 0 amide bonds. The summed E-state index contributed by atoms with van der Waals surface area (Å²) in [5, 5.41) is 12.1. The van der Waals surface area contributed by atoms with Gasteiger partial charge in [0, 0.05) is 16.0 Å². The number of aromatic nitrogens is 3. The summed E-state index contributed by atoms with van der Waals surface area (Å²) in [6, 6.07) is 3.86. The summed E-state index contributed by atoms with van der Waals surface area (Å²) in [4.78, 5) is 0. The van der Waals surface area contributed by atoms with Gasteiger partial charge in [0.05, 0.1) is 17.6 Å². The zero-order valence-corrected chi connectivity index (χ0v) is 12.6. The van der Waals surface area contributed by atoms with Crippen molar-refractivity contribution in [3.63, 3.8) is 0 Å². The predicted molar refractivity (Wildman–Crippen MR) is 76.2 cm³/mol. The number of rotatable bonds is 4. The highest BCUT2D eigenvalue weighted by atomic mass is 79.9. The Morgan fingerprint density at radius 1 is 1.44 bits per heavy atom. The van der Waals surface area contributed by atoms with Crippen molar-refractivity contribution >= 4 is 27.5 Å². The predicted octanol–water partition coefficient (Wildman–Crippen LogP) is 3.10. The maximum Gasteiger partial charge on any atom is 0.0969 e. The van der Waals surface area contributed by atoms with E-state index in [1.165, 1.54) is 0 Å². The maximum atomic E-state index is 6.13. The lowest BCUT2D eigenvalue weighted by molar-refractivity contribution is 0.705. The lowest BCUT2D eigenvalue weighted by atomic mass is 10.2. The smallest absolute Gasteiger partial charge is 0.0969 e. The van der Waals surface area contributed by atoms with E-state index in [2.05, 4.69) is 38.5 Å². The summed E-state index contributed by atoms with van der Waals surface area (Å²) in [5.74, 6) is 0. The van der Waals surface area contributed by atoms with Gasteiger partial charge in [0.2, 0.25) is 0 Å². The van der Waals surface area contributed by atoms with Crippen LogP contribution in [0.4, 0.5) is 0 Å². The van der Waals surface area contributed by atoms with E-state index in [0.717, 1.165) is 33.0 Å². The standard InChI is InChI=1S/C12H14BrClN4/c1-3-15-6-9-7-18(17-16-9)12-5-11(14)8(2)4-10(12)13/h4-5,7,15H,3,6H2,1-2H3. The molecule has 1 N–H and O–H groups in total. The zero-order valence-electron chi connectivity index (χ0n) is 10.2. The minimum Gasteiger partial charge on any atom is -0.311 e. The van der Waals surface area contributed by atoms with E-state index < -0.39 is 0 Å². The van der Waals surface area contributed by atoms with Gasteiger partial charge in [0.15, 0.2) is 0 Å². The van der Waals surface area contributed by atoms with Crippen molar-refractivity contribution in [1.29, 1.82) is 0 Å². The third-order valence-electron chi connectivity index (χ3n) is 2.57. The summed E-state index contributed by atoms with van der Waals surface area (Å²) < 4.78 is 2.67. The maximum absolute atomic E-state index is 6.13. The molecule has 0 aliphatic carbocycles. The Balaban J connectivity index is 2.31. The Labute approximate surface area is 119 Å². The second-order valence-electron chi connectivity index (χ2n) is 3.99. The van der Waals surface area contributed by atoms with Gasteiger partial charge in [-0.15, -0.1) is 5.10 Å². The molecule has 96 valence electrons. The first-order chi connectivity index (χ1) is 8.61. The van der Waals surface area contributed by atoms with Crippen molar-refractivity contribution in [2.75, 3.05) is 6.54 Å². The fraction of sp³-hybridized carbons (Fsp3) is 0.333. The molecule has 0 aliphatic rings. The van der Waals surface area contributed by atoms with E-state index in [9.17, 15) is 0 Å². The molecular weight excluding hydrogens is 316 g/mol. The number of aryl methyl sites for hydroxylation is 1. The van der Waals surface area contributed by atoms with Gasteiger partial charge >= 0.3 is 0 Å². The van der Waals surface area contributed by atoms with Crippen LogP contribution in [0, 0.1) is 6.92 Å². The van der Waals surface area contributed by atoms with Crippen LogP contribution in [0.15, 0.2) is 22.8 Å². The largest absolute Gasteiger partial charge is 0.311 e. The molecule has 0 aliphatic heterocycles. The number of hydrogen-bond donors (Lipinski definition) is 1. The molecule has 0 fully saturated rings. The topological polar surface area (TPSA) is 42.7 Å². The number of halogens is 2. The molecule has 6 heteroatoms. The van der Waals surface area contributed by atoms with Crippen molar-refractivity contribution in [3.05, 3.63) is 39.1 Å². The second-order valence-corrected chi connectivity index (χ2v) is 5.25. The van der Waals surface area contributed by atoms with E-state index in [0.29, 0.717) is 6.54 Å². The molecule has 4 nitrogen and oxygen atoms in total. The van der Waals surface area contributed by atoms with Crippen LogP contribution in [0.25, 0.3) is 5.69 Å². The Morgan fingerprint density at radius 3 is 2.94 bits per heavy atom. The number of benzene rings is 1. The molecule has 1 aromatic heterocycles. The monoisotopic (exact) mass is 328 g/mol. The third-order valence-corrected chi connectivity index (χ3v) is 3.61. The van der Waals surface area contributed by atoms with Crippen molar-refractivity contribution in [1.82, 2.24) is 20.3 Å². The molecule has 2 rings (SSSR count). The summed E-state index contributed by atoms with van der Waals surface area (Å²) >= 11 is 9.65. The van der Waals surface area contributed by atoms with Crippen molar-refractivity contribution in [2.45, 2.75) is 20.4 Å². The van der Waals surface area contributed by atoms with Gasteiger partial charge < -0.3 is 5.32 Å². The minimum absolute atomic E-state index is 0.716. The molecule has 0 saturated heterocycles. The van der Waals surface area contributed by atoms with E-state index in [-0.39, 0.29) is 0 Å². The molecule has 0 spiro atoms. The highest BCUT2D eigenvalue weighted by Gasteiger charge is 2.08. The molecule has 0 radical (unpaired) electrons. The van der Waals surface area contributed by atoms with Crippen LogP contribution in [0.2, 0.25) is 5.02 Å². The van der Waals surface area contributed by atoms with Gasteiger partial charge in [-0.1, -0.05) is 23.7 Å². The van der Waals surface area contributed by atoms with Gasteiger partial charge in [-0.3, -0.25) is 0 Å². The van der Waals surface area contributed by atoms with Crippen molar-refractivity contribution in [2.24, 2.45) is 0 Å². The molecule has 2 aromatic rings. The van der Waals surface area contributed by atoms with E-state index in [1.807, 2.05) is 25.3 Å². The summed E-state index contributed by atoms with van der Waals surface area (Å²) in [6.45, 7) is 5.65. The molecule has 0 bridgehead atoms. The number of nitrogens with one attached hydrogen (secondary N) is 1. The lowest BCUT2D eigenvalue weighted by Crippen LogP contribution is -2.11. The fourth-order valence-electron chi connectivity index (χ4n) is 1.56. The van der Waals surface area contributed by atoms with Crippen LogP contribution in [-0.4, -0.2) is 21.5 Å². The SMILES string of the molecule is CCNCc1cn(-c2cc(Cl)c(C)cc2Br)nn1. The van der Waals surface area contributed by atoms with Gasteiger partial charge in [-0.25, -0.2) is 4.68 Å². The van der Waals surface area contributed by atoms with E-state index in [4.69, 9.17) is 11.6 Å². The highest BCUT2D eigenvalue weighted by molar-refractivity contribution is 9.10. The summed E-state index contributed by atoms with van der Waals surface area (Å²) in [7, 11) is 0. The molecule has 0 saturated carbocycles. The van der Waals surface area contributed by atoms with Crippen LogP contribution < -0.4 is 5.32 Å². The van der Waals surface area contributed by atoms with Crippen LogP contribution in [0.1, 0.15) is 18.2 Å². The van der Waals surface area contributed by atoms with Gasteiger partial charge in [0.1, 0.15) is 0 Å². The van der Waals surface area contributed by atoms with E-state index >= 15 is 0 Å². The normalized spacial score (nSPS) is 10.9. The van der Waals surface area contributed by atoms with E-state index in [1.54, 1.807) is 4.68 Å². The average molecular weight is 330 g/mol. The minimum atomic E-state index is 0.716. The Morgan fingerprint density at radius 2 is 2.22 bits per heavy atom. The molecule has 1 heterocycles. The quantitative estimate of drug-likeness (QED) is 0.937. The zero-order chi connectivity index (χ0) is 13.1. The molecule has 0 atom stereocenters. The van der Waals surface area contributed by atoms with Crippen LogP contribution in [-0.2, 0) is 6.54 Å². The lowest BCUT2D eigenvalue weighted by Gasteiger charge is -2.06. The van der Waals surface area contributed by atoms with Gasteiger partial charge in [0.25, 0.3) is 0 Å². The second kappa shape index (κ2) is 5.82. The van der Waals surface area contributed by atoms with Crippen LogP contribution in [0.5, 0.6) is 0 Å². The first kappa shape index (κ1) is 13.5. The summed E-state index contributed by atoms with van der Waals surface area (Å²) in [5.41, 5.74) is 2.82.